The first-order valence-electron chi connectivity index (χ1n) is 20.3. The molecule has 2 fully saturated rings. The predicted octanol–water partition coefficient (Wildman–Crippen LogP) is 5.96. The summed E-state index contributed by atoms with van der Waals surface area (Å²) in [6, 6.07) is 14.3. The Labute approximate surface area is 341 Å². The van der Waals surface area contributed by atoms with E-state index in [1.54, 1.807) is 11.6 Å². The molecule has 0 radical (unpaired) electrons. The predicted molar refractivity (Wildman–Crippen MR) is 215 cm³/mol. The SMILES string of the molecule is Cn1c(=O)n([C@@H]2CCC(=O)NC2=O)c2ccc(CCCN3Cc4cc(-c5ccc6cn(C7CCC(CNC(=O)c8cc(F)c(O)c(F)c8F)CC7)nc6c5)cnc4C3)cc21. The molecule has 6 aromatic rings. The van der Waals surface area contributed by atoms with Crippen molar-refractivity contribution in [3.63, 3.8) is 0 Å². The first kappa shape index (κ1) is 39.2. The molecule has 0 unspecified atom stereocenters. The van der Waals surface area contributed by atoms with Crippen molar-refractivity contribution in [2.75, 3.05) is 13.1 Å². The second-order valence-corrected chi connectivity index (χ2v) is 16.3. The number of aromatic nitrogens is 5. The van der Waals surface area contributed by atoms with Crippen LogP contribution < -0.4 is 16.3 Å². The van der Waals surface area contributed by atoms with Gasteiger partial charge in [0.15, 0.2) is 17.4 Å². The molecule has 3 N–H and O–H groups in total. The molecule has 3 amide bonds. The highest BCUT2D eigenvalue weighted by atomic mass is 19.2. The number of aryl methyl sites for hydroxylation is 2. The van der Waals surface area contributed by atoms with Gasteiger partial charge in [0.2, 0.25) is 17.6 Å². The minimum Gasteiger partial charge on any atom is -0.503 e. The first-order valence-corrected chi connectivity index (χ1v) is 20.3. The Bertz CT molecular complexity index is 2770. The van der Waals surface area contributed by atoms with Gasteiger partial charge in [-0.25, -0.2) is 13.6 Å². The smallest absolute Gasteiger partial charge is 0.329 e. The first-order chi connectivity index (χ1) is 28.9. The summed E-state index contributed by atoms with van der Waals surface area (Å²) in [7, 11) is 1.71. The number of hydrogen-bond acceptors (Lipinski definition) is 8. The zero-order chi connectivity index (χ0) is 41.8. The van der Waals surface area contributed by atoms with Crippen LogP contribution in [0.2, 0.25) is 0 Å². The van der Waals surface area contributed by atoms with Crippen LogP contribution in [0.15, 0.2) is 65.7 Å². The minimum atomic E-state index is -1.79. The number of pyridine rings is 1. The highest BCUT2D eigenvalue weighted by Crippen LogP contribution is 2.34. The maximum Gasteiger partial charge on any atom is 0.329 e. The summed E-state index contributed by atoms with van der Waals surface area (Å²) in [5.74, 6) is -7.80. The number of fused-ring (bicyclic) bond motifs is 3. The summed E-state index contributed by atoms with van der Waals surface area (Å²) >= 11 is 0. The Morgan fingerprint density at radius 2 is 1.75 bits per heavy atom. The lowest BCUT2D eigenvalue weighted by molar-refractivity contribution is -0.135. The summed E-state index contributed by atoms with van der Waals surface area (Å²) in [6.45, 7) is 2.68. The van der Waals surface area contributed by atoms with Gasteiger partial charge >= 0.3 is 5.69 Å². The van der Waals surface area contributed by atoms with Crippen molar-refractivity contribution in [3.8, 4) is 16.9 Å². The number of carbonyl (C=O) groups excluding carboxylic acids is 3. The zero-order valence-electron chi connectivity index (χ0n) is 32.9. The summed E-state index contributed by atoms with van der Waals surface area (Å²) in [5.41, 5.74) is 6.69. The summed E-state index contributed by atoms with van der Waals surface area (Å²) < 4.78 is 46.7. The number of carbonyl (C=O) groups is 3. The van der Waals surface area contributed by atoms with Gasteiger partial charge in [0, 0.05) is 56.4 Å². The third-order valence-corrected chi connectivity index (χ3v) is 12.4. The average Bonchev–Trinajstić information content (AvgIpc) is 3.93. The van der Waals surface area contributed by atoms with E-state index in [2.05, 4.69) is 46.0 Å². The molecule has 13 nitrogen and oxygen atoms in total. The van der Waals surface area contributed by atoms with Gasteiger partial charge in [0.25, 0.3) is 5.91 Å². The van der Waals surface area contributed by atoms with Crippen molar-refractivity contribution in [2.24, 2.45) is 13.0 Å². The second-order valence-electron chi connectivity index (χ2n) is 16.3. The van der Waals surface area contributed by atoms with Crippen LogP contribution in [0.1, 0.15) is 84.2 Å². The number of rotatable bonds is 10. The number of halogens is 3. The van der Waals surface area contributed by atoms with Crippen LogP contribution in [0.5, 0.6) is 5.75 Å². The zero-order valence-corrected chi connectivity index (χ0v) is 32.9. The molecule has 2 aliphatic heterocycles. The van der Waals surface area contributed by atoms with Crippen LogP contribution in [-0.2, 0) is 36.1 Å². The van der Waals surface area contributed by atoms with Crippen molar-refractivity contribution in [2.45, 2.75) is 76.5 Å². The largest absolute Gasteiger partial charge is 0.503 e. The molecular weight excluding hydrogens is 778 g/mol. The third-order valence-electron chi connectivity index (χ3n) is 12.4. The van der Waals surface area contributed by atoms with Gasteiger partial charge in [-0.3, -0.25) is 43.4 Å². The Kier molecular flexibility index (Phi) is 10.3. The number of nitrogens with one attached hydrogen (secondary N) is 2. The molecule has 1 atom stereocenters. The van der Waals surface area contributed by atoms with Crippen molar-refractivity contribution in [1.82, 2.24) is 39.4 Å². The number of phenolic OH excluding ortho intramolecular Hbond substituents is 1. The number of phenols is 1. The van der Waals surface area contributed by atoms with E-state index in [0.29, 0.717) is 18.0 Å². The van der Waals surface area contributed by atoms with Crippen LogP contribution in [0.3, 0.4) is 0 Å². The van der Waals surface area contributed by atoms with Gasteiger partial charge in [-0.15, -0.1) is 0 Å². The average molecular weight is 821 g/mol. The molecule has 9 rings (SSSR count). The van der Waals surface area contributed by atoms with E-state index in [0.717, 1.165) is 97.0 Å². The highest BCUT2D eigenvalue weighted by Gasteiger charge is 2.32. The topological polar surface area (TPSA) is 156 Å². The van der Waals surface area contributed by atoms with Crippen LogP contribution >= 0.6 is 0 Å². The quantitative estimate of drug-likeness (QED) is 0.113. The molecule has 5 heterocycles. The van der Waals surface area contributed by atoms with Gasteiger partial charge < -0.3 is 10.4 Å². The maximum absolute atomic E-state index is 14.2. The highest BCUT2D eigenvalue weighted by molar-refractivity contribution is 6.00. The molecule has 1 saturated heterocycles. The molecule has 1 aliphatic carbocycles. The van der Waals surface area contributed by atoms with Crippen molar-refractivity contribution < 1.29 is 32.7 Å². The van der Waals surface area contributed by atoms with Gasteiger partial charge in [-0.05, 0) is 104 Å². The number of piperidine rings is 1. The van der Waals surface area contributed by atoms with Gasteiger partial charge in [0.1, 0.15) is 6.04 Å². The Morgan fingerprint density at radius 3 is 2.55 bits per heavy atom. The van der Waals surface area contributed by atoms with Crippen LogP contribution in [0.25, 0.3) is 33.1 Å². The number of aromatic hydroxyl groups is 1. The number of hydrogen-bond donors (Lipinski definition) is 3. The number of imide groups is 1. The second kappa shape index (κ2) is 15.7. The van der Waals surface area contributed by atoms with E-state index in [1.807, 2.05) is 29.1 Å². The Balaban J connectivity index is 0.782. The summed E-state index contributed by atoms with van der Waals surface area (Å²) in [6.07, 6.45) is 9.42. The van der Waals surface area contributed by atoms with E-state index in [4.69, 9.17) is 10.1 Å². The monoisotopic (exact) mass is 820 g/mol. The standard InChI is InChI=1S/C44H43F3N8O5/c1-52-37-15-24(6-11-35(37)55(44(52)60)36-12-13-38(56)50-43(36)59)3-2-14-53-21-29-16-28(20-48-34(29)23-53)26-7-8-27-22-54(51-33(27)17-26)30-9-4-25(5-10-30)19-49-42(58)31-18-32(45)41(57)40(47)39(31)46/h6-8,11,15-18,20,22,25,30,36,57H,2-5,9-10,12-14,19,21,23H2,1H3,(H,49,58)(H,50,56,59)/t25?,30?,36-/m1/s1. The number of imidazole rings is 1. The number of amides is 3. The van der Waals surface area contributed by atoms with E-state index in [1.165, 1.54) is 10.1 Å². The fraction of sp³-hybridized carbons (Fsp3) is 0.364. The molecule has 0 spiro atoms. The molecule has 1 saturated carbocycles. The molecule has 3 aliphatic rings. The van der Waals surface area contributed by atoms with Crippen molar-refractivity contribution in [1.29, 1.82) is 0 Å². The van der Waals surface area contributed by atoms with Crippen molar-refractivity contribution in [3.05, 3.63) is 111 Å². The molecule has 310 valence electrons. The molecule has 0 bridgehead atoms. The van der Waals surface area contributed by atoms with E-state index >= 15 is 0 Å². The molecule has 3 aromatic heterocycles. The van der Waals surface area contributed by atoms with Crippen molar-refractivity contribution >= 4 is 39.7 Å². The van der Waals surface area contributed by atoms with Crippen LogP contribution in [0, 0.1) is 23.4 Å². The summed E-state index contributed by atoms with van der Waals surface area (Å²) in [5, 5.41) is 20.1. The maximum atomic E-state index is 14.2. The normalized spacial score (nSPS) is 19.6. The van der Waals surface area contributed by atoms with Crippen LogP contribution in [0.4, 0.5) is 13.2 Å². The molecule has 3 aromatic carbocycles. The number of benzene rings is 3. The lowest BCUT2D eigenvalue weighted by atomic mass is 9.86. The van der Waals surface area contributed by atoms with E-state index in [9.17, 15) is 37.5 Å². The Hall–Kier alpha value is -6.29. The van der Waals surface area contributed by atoms with Gasteiger partial charge in [0.05, 0.1) is 33.8 Å². The van der Waals surface area contributed by atoms with Gasteiger partial charge in [-0.1, -0.05) is 18.2 Å². The van der Waals surface area contributed by atoms with E-state index in [-0.39, 0.29) is 36.5 Å². The molecule has 16 heteroatoms. The third kappa shape index (κ3) is 7.33. The van der Waals surface area contributed by atoms with Gasteiger partial charge in [-0.2, -0.15) is 9.49 Å². The number of nitrogens with zero attached hydrogens (tertiary/aromatic N) is 6. The lowest BCUT2D eigenvalue weighted by Gasteiger charge is -2.28. The lowest BCUT2D eigenvalue weighted by Crippen LogP contribution is -2.44. The fourth-order valence-electron chi connectivity index (χ4n) is 9.04. The molecular formula is C44H43F3N8O5. The van der Waals surface area contributed by atoms with E-state index < -0.39 is 46.6 Å². The van der Waals surface area contributed by atoms with Crippen LogP contribution in [-0.4, -0.2) is 64.7 Å². The fourth-order valence-corrected chi connectivity index (χ4v) is 9.04. The molecule has 60 heavy (non-hydrogen) atoms. The summed E-state index contributed by atoms with van der Waals surface area (Å²) in [4.78, 5) is 57.1. The minimum absolute atomic E-state index is 0.113. The Morgan fingerprint density at radius 1 is 0.933 bits per heavy atom.